The first kappa shape index (κ1) is 19.3. The third-order valence-corrected chi connectivity index (χ3v) is 4.00. The van der Waals surface area contributed by atoms with Gasteiger partial charge in [-0.15, -0.1) is 0 Å². The number of methoxy groups -OCH3 is 2. The van der Waals surface area contributed by atoms with Crippen LogP contribution in [0.25, 0.3) is 0 Å². The van der Waals surface area contributed by atoms with Crippen LogP contribution in [-0.4, -0.2) is 38.6 Å². The maximum Gasteiger partial charge on any atom is 0.298 e. The Morgan fingerprint density at radius 1 is 1.12 bits per heavy atom. The summed E-state index contributed by atoms with van der Waals surface area (Å²) in [5, 5.41) is 0. The summed E-state index contributed by atoms with van der Waals surface area (Å²) in [6, 6.07) is 10.2. The molecule has 0 bridgehead atoms. The molecule has 2 aromatic carbocycles. The van der Waals surface area contributed by atoms with E-state index < -0.39 is 0 Å². The van der Waals surface area contributed by atoms with Gasteiger partial charge in [0.25, 0.3) is 5.91 Å². The number of rotatable bonds is 5. The maximum absolute atomic E-state index is 13.2. The molecule has 1 amide bonds. The second kappa shape index (κ2) is 8.91. The molecule has 0 atom stereocenters. The molecule has 0 saturated carbocycles. The van der Waals surface area contributed by atoms with Crippen LogP contribution in [0.3, 0.4) is 0 Å². The highest BCUT2D eigenvalue weighted by Crippen LogP contribution is 2.27. The molecule has 0 heterocycles. The summed E-state index contributed by atoms with van der Waals surface area (Å²) in [7, 11) is 4.88. The van der Waals surface area contributed by atoms with Crippen molar-refractivity contribution in [1.29, 1.82) is 0 Å². The molecule has 0 radical (unpaired) electrons. The predicted octanol–water partition coefficient (Wildman–Crippen LogP) is 3.20. The fourth-order valence-corrected chi connectivity index (χ4v) is 2.38. The number of benzene rings is 2. The molecular formula is C21H22FNO3. The van der Waals surface area contributed by atoms with Gasteiger partial charge in [0.1, 0.15) is 5.82 Å². The summed E-state index contributed by atoms with van der Waals surface area (Å²) < 4.78 is 23.7. The Balaban J connectivity index is 1.97. The van der Waals surface area contributed by atoms with Crippen LogP contribution in [0.1, 0.15) is 16.7 Å². The van der Waals surface area contributed by atoms with Crippen molar-refractivity contribution in [2.45, 2.75) is 13.3 Å². The van der Waals surface area contributed by atoms with E-state index in [9.17, 15) is 9.18 Å². The van der Waals surface area contributed by atoms with Gasteiger partial charge in [0.2, 0.25) is 0 Å². The molecule has 0 aliphatic rings. The zero-order valence-electron chi connectivity index (χ0n) is 15.4. The number of hydrogen-bond acceptors (Lipinski definition) is 3. The van der Waals surface area contributed by atoms with E-state index in [0.717, 1.165) is 5.56 Å². The predicted molar refractivity (Wildman–Crippen MR) is 98.9 cm³/mol. The summed E-state index contributed by atoms with van der Waals surface area (Å²) >= 11 is 0. The van der Waals surface area contributed by atoms with Crippen LogP contribution in [0.5, 0.6) is 11.5 Å². The average molecular weight is 355 g/mol. The molecule has 0 aliphatic carbocycles. The number of hydrogen-bond donors (Lipinski definition) is 0. The highest BCUT2D eigenvalue weighted by molar-refractivity contribution is 5.93. The molecule has 2 aromatic rings. The highest BCUT2D eigenvalue weighted by Gasteiger charge is 2.08. The van der Waals surface area contributed by atoms with Crippen LogP contribution in [-0.2, 0) is 11.2 Å². The van der Waals surface area contributed by atoms with E-state index in [0.29, 0.717) is 35.6 Å². The SMILES string of the molecule is COc1ccc(CCN(C)C(=O)C#Cc2ccc(F)c(C)c2)cc1OC. The lowest BCUT2D eigenvalue weighted by molar-refractivity contribution is -0.123. The second-order valence-electron chi connectivity index (χ2n) is 5.88. The molecular weight excluding hydrogens is 333 g/mol. The first-order valence-corrected chi connectivity index (χ1v) is 8.18. The molecule has 0 aromatic heterocycles. The number of ether oxygens (including phenoxy) is 2. The van der Waals surface area contributed by atoms with E-state index >= 15 is 0 Å². The van der Waals surface area contributed by atoms with Gasteiger partial charge < -0.3 is 14.4 Å². The first-order chi connectivity index (χ1) is 12.4. The number of aryl methyl sites for hydroxylation is 1. The normalized spacial score (nSPS) is 9.88. The largest absolute Gasteiger partial charge is 0.493 e. The zero-order valence-corrected chi connectivity index (χ0v) is 15.4. The summed E-state index contributed by atoms with van der Waals surface area (Å²) in [5.74, 6) is 6.13. The quantitative estimate of drug-likeness (QED) is 0.773. The minimum Gasteiger partial charge on any atom is -0.493 e. The highest BCUT2D eigenvalue weighted by atomic mass is 19.1. The summed E-state index contributed by atoms with van der Waals surface area (Å²) in [6.07, 6.45) is 0.667. The fourth-order valence-electron chi connectivity index (χ4n) is 2.38. The first-order valence-electron chi connectivity index (χ1n) is 8.18. The van der Waals surface area contributed by atoms with Gasteiger partial charge in [-0.3, -0.25) is 4.79 Å². The third-order valence-electron chi connectivity index (χ3n) is 4.00. The number of nitrogens with zero attached hydrogens (tertiary/aromatic N) is 1. The van der Waals surface area contributed by atoms with Crippen LogP contribution in [0.4, 0.5) is 4.39 Å². The fraction of sp³-hybridized carbons (Fsp3) is 0.286. The Labute approximate surface area is 153 Å². The second-order valence-corrected chi connectivity index (χ2v) is 5.88. The molecule has 0 N–H and O–H groups in total. The number of likely N-dealkylation sites (N-methyl/N-ethyl adjacent to an activating group) is 1. The Morgan fingerprint density at radius 3 is 2.50 bits per heavy atom. The molecule has 0 unspecified atom stereocenters. The molecule has 26 heavy (non-hydrogen) atoms. The number of carbonyl (C=O) groups excluding carboxylic acids is 1. The van der Waals surface area contributed by atoms with Crippen LogP contribution < -0.4 is 9.47 Å². The minimum atomic E-state index is -0.285. The van der Waals surface area contributed by atoms with Gasteiger partial charge in [0, 0.05) is 25.1 Å². The van der Waals surface area contributed by atoms with Crippen molar-refractivity contribution < 1.29 is 18.7 Å². The van der Waals surface area contributed by atoms with E-state index in [2.05, 4.69) is 11.8 Å². The van der Waals surface area contributed by atoms with Gasteiger partial charge in [-0.1, -0.05) is 12.0 Å². The Bertz CT molecular complexity index is 852. The monoisotopic (exact) mass is 355 g/mol. The number of amides is 1. The lowest BCUT2D eigenvalue weighted by Gasteiger charge is -2.14. The third kappa shape index (κ3) is 5.00. The summed E-state index contributed by atoms with van der Waals surface area (Å²) in [6.45, 7) is 2.18. The van der Waals surface area contributed by atoms with Crippen molar-refractivity contribution in [1.82, 2.24) is 4.90 Å². The van der Waals surface area contributed by atoms with Crippen LogP contribution in [0, 0.1) is 24.6 Å². The molecule has 5 heteroatoms. The number of carbonyl (C=O) groups is 1. The molecule has 0 saturated heterocycles. The molecule has 0 aliphatic heterocycles. The van der Waals surface area contributed by atoms with Gasteiger partial charge in [-0.2, -0.15) is 0 Å². The van der Waals surface area contributed by atoms with Crippen molar-refractivity contribution in [3.63, 3.8) is 0 Å². The van der Waals surface area contributed by atoms with Gasteiger partial charge in [0.05, 0.1) is 14.2 Å². The van der Waals surface area contributed by atoms with Crippen molar-refractivity contribution in [3.8, 4) is 23.3 Å². The van der Waals surface area contributed by atoms with Crippen molar-refractivity contribution in [2.75, 3.05) is 27.8 Å². The molecule has 0 fully saturated rings. The van der Waals surface area contributed by atoms with E-state index in [1.807, 2.05) is 18.2 Å². The van der Waals surface area contributed by atoms with Crippen LogP contribution >= 0.6 is 0 Å². The Kier molecular flexibility index (Phi) is 6.62. The standard InChI is InChI=1S/C21H22FNO3/c1-15-13-16(5-8-18(15)22)7-10-21(24)23(2)12-11-17-6-9-19(25-3)20(14-17)26-4/h5-6,8-9,13-14H,11-12H2,1-4H3. The van der Waals surface area contributed by atoms with Crippen LogP contribution in [0.2, 0.25) is 0 Å². The number of halogens is 1. The lowest BCUT2D eigenvalue weighted by Crippen LogP contribution is -2.27. The Morgan fingerprint density at radius 2 is 1.85 bits per heavy atom. The van der Waals surface area contributed by atoms with Gasteiger partial charge in [-0.05, 0) is 54.8 Å². The zero-order chi connectivity index (χ0) is 19.1. The molecule has 0 spiro atoms. The lowest BCUT2D eigenvalue weighted by atomic mass is 10.1. The van der Waals surface area contributed by atoms with E-state index in [1.54, 1.807) is 45.2 Å². The van der Waals surface area contributed by atoms with Crippen LogP contribution in [0.15, 0.2) is 36.4 Å². The van der Waals surface area contributed by atoms with Crippen molar-refractivity contribution in [2.24, 2.45) is 0 Å². The minimum absolute atomic E-state index is 0.283. The topological polar surface area (TPSA) is 38.8 Å². The maximum atomic E-state index is 13.2. The van der Waals surface area contributed by atoms with Crippen molar-refractivity contribution >= 4 is 5.91 Å². The van der Waals surface area contributed by atoms with E-state index in [4.69, 9.17) is 9.47 Å². The summed E-state index contributed by atoms with van der Waals surface area (Å²) in [4.78, 5) is 13.7. The van der Waals surface area contributed by atoms with E-state index in [-0.39, 0.29) is 11.7 Å². The molecule has 2 rings (SSSR count). The van der Waals surface area contributed by atoms with Crippen molar-refractivity contribution in [3.05, 3.63) is 58.9 Å². The van der Waals surface area contributed by atoms with E-state index in [1.165, 1.54) is 6.07 Å². The van der Waals surface area contributed by atoms with Gasteiger partial charge >= 0.3 is 0 Å². The molecule has 136 valence electrons. The van der Waals surface area contributed by atoms with Gasteiger partial charge in [-0.25, -0.2) is 4.39 Å². The summed E-state index contributed by atoms with van der Waals surface area (Å²) in [5.41, 5.74) is 2.15. The smallest absolute Gasteiger partial charge is 0.298 e. The molecule has 4 nitrogen and oxygen atoms in total. The average Bonchev–Trinajstić information content (AvgIpc) is 2.66. The Hall–Kier alpha value is -3.00. The van der Waals surface area contributed by atoms with Gasteiger partial charge in [0.15, 0.2) is 11.5 Å².